The third kappa shape index (κ3) is 5.83. The molecule has 0 heterocycles. The van der Waals surface area contributed by atoms with Crippen LogP contribution in [0.1, 0.15) is 38.8 Å². The molecule has 0 saturated carbocycles. The number of hydrogen-bond donors (Lipinski definition) is 4. The molecule has 0 aromatic heterocycles. The maximum Gasteiger partial charge on any atom is 0.316 e. The fourth-order valence-corrected chi connectivity index (χ4v) is 2.02. The number of amides is 3. The van der Waals surface area contributed by atoms with Gasteiger partial charge in [-0.1, -0.05) is 26.0 Å². The molecule has 1 aromatic rings. The van der Waals surface area contributed by atoms with Crippen LogP contribution < -0.4 is 22.1 Å². The fourth-order valence-electron chi connectivity index (χ4n) is 2.02. The highest BCUT2D eigenvalue weighted by molar-refractivity contribution is 5.87. The maximum absolute atomic E-state index is 12.0. The topological polar surface area (TPSA) is 110 Å². The lowest BCUT2D eigenvalue weighted by Crippen LogP contribution is -2.42. The summed E-state index contributed by atoms with van der Waals surface area (Å²) >= 11 is 0. The summed E-state index contributed by atoms with van der Waals surface area (Å²) in [6, 6.07) is 5.85. The van der Waals surface area contributed by atoms with Crippen molar-refractivity contribution < 1.29 is 9.59 Å². The van der Waals surface area contributed by atoms with E-state index in [1.54, 1.807) is 12.1 Å². The largest absolute Gasteiger partial charge is 0.351 e. The number of urea groups is 1. The average Bonchev–Trinajstić information content (AvgIpc) is 2.37. The molecule has 6 nitrogen and oxygen atoms in total. The van der Waals surface area contributed by atoms with Gasteiger partial charge in [0.1, 0.15) is 0 Å². The second kappa shape index (κ2) is 7.64. The number of anilines is 1. The van der Waals surface area contributed by atoms with Gasteiger partial charge in [-0.2, -0.15) is 0 Å². The van der Waals surface area contributed by atoms with E-state index in [0.29, 0.717) is 18.0 Å². The van der Waals surface area contributed by atoms with Crippen molar-refractivity contribution in [2.24, 2.45) is 17.4 Å². The zero-order valence-electron chi connectivity index (χ0n) is 12.7. The third-order valence-electron chi connectivity index (χ3n) is 3.10. The predicted molar refractivity (Wildman–Crippen MR) is 83.6 cm³/mol. The normalized spacial score (nSPS) is 13.6. The molecule has 0 aliphatic heterocycles. The van der Waals surface area contributed by atoms with Crippen molar-refractivity contribution in [3.8, 4) is 0 Å². The number of rotatable bonds is 6. The number of hydrogen-bond acceptors (Lipinski definition) is 3. The summed E-state index contributed by atoms with van der Waals surface area (Å²) in [5.41, 5.74) is 12.4. The van der Waals surface area contributed by atoms with Crippen LogP contribution in [0.15, 0.2) is 24.3 Å². The van der Waals surface area contributed by atoms with Crippen LogP contribution in [0.2, 0.25) is 0 Å². The molecule has 6 heteroatoms. The van der Waals surface area contributed by atoms with Crippen LogP contribution in [0, 0.1) is 5.92 Å². The van der Waals surface area contributed by atoms with Gasteiger partial charge in [0.05, 0.1) is 12.1 Å². The van der Waals surface area contributed by atoms with Crippen LogP contribution in [-0.2, 0) is 4.79 Å². The molecule has 2 atom stereocenters. The summed E-state index contributed by atoms with van der Waals surface area (Å²) in [5.74, 6) is 0.218. The van der Waals surface area contributed by atoms with Gasteiger partial charge in [-0.25, -0.2) is 4.79 Å². The first-order valence-electron chi connectivity index (χ1n) is 7.02. The second-order valence-electron chi connectivity index (χ2n) is 5.58. The molecule has 21 heavy (non-hydrogen) atoms. The van der Waals surface area contributed by atoms with Crippen molar-refractivity contribution in [3.05, 3.63) is 29.8 Å². The third-order valence-corrected chi connectivity index (χ3v) is 3.10. The Kier molecular flexibility index (Phi) is 6.17. The molecule has 0 radical (unpaired) electrons. The quantitative estimate of drug-likeness (QED) is 0.640. The zero-order valence-corrected chi connectivity index (χ0v) is 12.7. The van der Waals surface area contributed by atoms with Crippen molar-refractivity contribution in [2.45, 2.75) is 39.3 Å². The molecule has 1 rings (SSSR count). The molecule has 1 aromatic carbocycles. The molecular formula is C15H24N4O2. The van der Waals surface area contributed by atoms with Crippen LogP contribution >= 0.6 is 0 Å². The first-order valence-corrected chi connectivity index (χ1v) is 7.02. The van der Waals surface area contributed by atoms with Crippen LogP contribution in [-0.4, -0.2) is 18.0 Å². The SMILES string of the molecule is CC(C)C[C@H](N)C(=O)NC(C)c1ccc(NC(N)=O)cc1. The fraction of sp³-hybridized carbons (Fsp3) is 0.467. The number of carbonyl (C=O) groups is 2. The molecular weight excluding hydrogens is 268 g/mol. The van der Waals surface area contributed by atoms with E-state index >= 15 is 0 Å². The van der Waals surface area contributed by atoms with Gasteiger partial charge in [-0.3, -0.25) is 4.79 Å². The number of nitrogens with one attached hydrogen (secondary N) is 2. The van der Waals surface area contributed by atoms with E-state index in [9.17, 15) is 9.59 Å². The highest BCUT2D eigenvalue weighted by Gasteiger charge is 2.17. The minimum Gasteiger partial charge on any atom is -0.351 e. The highest BCUT2D eigenvalue weighted by Crippen LogP contribution is 2.16. The van der Waals surface area contributed by atoms with Crippen molar-refractivity contribution in [1.82, 2.24) is 5.32 Å². The summed E-state index contributed by atoms with van der Waals surface area (Å²) in [5, 5.41) is 5.37. The van der Waals surface area contributed by atoms with Crippen LogP contribution in [0.3, 0.4) is 0 Å². The smallest absolute Gasteiger partial charge is 0.316 e. The Bertz CT molecular complexity index is 485. The summed E-state index contributed by atoms with van der Waals surface area (Å²) in [4.78, 5) is 22.7. The summed E-state index contributed by atoms with van der Waals surface area (Å²) in [6.45, 7) is 5.94. The van der Waals surface area contributed by atoms with Gasteiger partial charge in [0.25, 0.3) is 0 Å². The molecule has 0 fully saturated rings. The molecule has 0 spiro atoms. The maximum atomic E-state index is 12.0. The molecule has 0 bridgehead atoms. The van der Waals surface area contributed by atoms with Crippen LogP contribution in [0.4, 0.5) is 10.5 Å². The molecule has 0 aliphatic rings. The van der Waals surface area contributed by atoms with Crippen molar-refractivity contribution in [2.75, 3.05) is 5.32 Å². The lowest BCUT2D eigenvalue weighted by atomic mass is 10.0. The molecule has 0 saturated heterocycles. The first kappa shape index (κ1) is 17.0. The molecule has 6 N–H and O–H groups in total. The van der Waals surface area contributed by atoms with E-state index in [4.69, 9.17) is 11.5 Å². The number of primary amides is 1. The van der Waals surface area contributed by atoms with Gasteiger partial charge in [-0.15, -0.1) is 0 Å². The lowest BCUT2D eigenvalue weighted by molar-refractivity contribution is -0.123. The highest BCUT2D eigenvalue weighted by atomic mass is 16.2. The monoisotopic (exact) mass is 292 g/mol. The van der Waals surface area contributed by atoms with E-state index in [2.05, 4.69) is 10.6 Å². The van der Waals surface area contributed by atoms with Gasteiger partial charge in [0.15, 0.2) is 0 Å². The van der Waals surface area contributed by atoms with Crippen molar-refractivity contribution >= 4 is 17.6 Å². The van der Waals surface area contributed by atoms with E-state index in [1.165, 1.54) is 0 Å². The number of nitrogens with two attached hydrogens (primary N) is 2. The van der Waals surface area contributed by atoms with E-state index in [0.717, 1.165) is 5.56 Å². The zero-order chi connectivity index (χ0) is 16.0. The summed E-state index contributed by atoms with van der Waals surface area (Å²) in [6.07, 6.45) is 0.653. The van der Waals surface area contributed by atoms with E-state index in [-0.39, 0.29) is 11.9 Å². The minimum atomic E-state index is -0.608. The number of carbonyl (C=O) groups excluding carboxylic acids is 2. The standard InChI is InChI=1S/C15H24N4O2/c1-9(2)8-13(16)14(20)18-10(3)11-4-6-12(7-5-11)19-15(17)21/h4-7,9-10,13H,8,16H2,1-3H3,(H,18,20)(H3,17,19,21)/t10?,13-/m0/s1. The van der Waals surface area contributed by atoms with Gasteiger partial charge in [0.2, 0.25) is 5.91 Å². The summed E-state index contributed by atoms with van der Waals surface area (Å²) < 4.78 is 0. The Morgan fingerprint density at radius 2 is 1.71 bits per heavy atom. The Labute approximate surface area is 125 Å². The average molecular weight is 292 g/mol. The van der Waals surface area contributed by atoms with E-state index in [1.807, 2.05) is 32.9 Å². The van der Waals surface area contributed by atoms with Crippen LogP contribution in [0.25, 0.3) is 0 Å². The summed E-state index contributed by atoms with van der Waals surface area (Å²) in [7, 11) is 0. The Hall–Kier alpha value is -2.08. The molecule has 0 aliphatic carbocycles. The van der Waals surface area contributed by atoms with Gasteiger partial charge < -0.3 is 22.1 Å². The van der Waals surface area contributed by atoms with Gasteiger partial charge >= 0.3 is 6.03 Å². The van der Waals surface area contributed by atoms with Crippen molar-refractivity contribution in [1.29, 1.82) is 0 Å². The van der Waals surface area contributed by atoms with E-state index < -0.39 is 12.1 Å². The number of benzene rings is 1. The Morgan fingerprint density at radius 1 is 1.14 bits per heavy atom. The minimum absolute atomic E-state index is 0.154. The second-order valence-corrected chi connectivity index (χ2v) is 5.58. The predicted octanol–water partition coefficient (Wildman–Crippen LogP) is 1.73. The van der Waals surface area contributed by atoms with Crippen LogP contribution in [0.5, 0.6) is 0 Å². The van der Waals surface area contributed by atoms with Gasteiger partial charge in [0, 0.05) is 5.69 Å². The molecule has 1 unspecified atom stereocenters. The molecule has 116 valence electrons. The Morgan fingerprint density at radius 3 is 2.19 bits per heavy atom. The first-order chi connectivity index (χ1) is 9.79. The van der Waals surface area contributed by atoms with Crippen molar-refractivity contribution in [3.63, 3.8) is 0 Å². The lowest BCUT2D eigenvalue weighted by Gasteiger charge is -2.19. The van der Waals surface area contributed by atoms with Gasteiger partial charge in [-0.05, 0) is 37.0 Å². The molecule has 3 amide bonds. The Balaban J connectivity index is 2.60.